The highest BCUT2D eigenvalue weighted by Gasteiger charge is 2.45. The monoisotopic (exact) mass is 210 g/mol. The van der Waals surface area contributed by atoms with Gasteiger partial charge in [-0.05, 0) is 38.1 Å². The van der Waals surface area contributed by atoms with Gasteiger partial charge in [-0.15, -0.1) is 0 Å². The molecule has 0 aromatic rings. The van der Waals surface area contributed by atoms with Crippen LogP contribution in [0.4, 0.5) is 0 Å². The molecule has 2 aliphatic rings. The van der Waals surface area contributed by atoms with Crippen LogP contribution < -0.4 is 5.32 Å². The van der Waals surface area contributed by atoms with E-state index >= 15 is 0 Å². The van der Waals surface area contributed by atoms with E-state index in [0.717, 1.165) is 19.5 Å². The van der Waals surface area contributed by atoms with Crippen LogP contribution in [0, 0.1) is 11.3 Å². The number of rotatable bonds is 3. The fourth-order valence-electron chi connectivity index (χ4n) is 2.43. The fraction of sp³-hybridized carbons (Fsp3) is 0.917. The highest BCUT2D eigenvalue weighted by molar-refractivity contribution is 5.79. The van der Waals surface area contributed by atoms with Gasteiger partial charge in [0.05, 0.1) is 5.92 Å². The number of nitrogens with one attached hydrogen (secondary N) is 1. The lowest BCUT2D eigenvalue weighted by molar-refractivity contribution is -0.136. The largest absolute Gasteiger partial charge is 0.342 e. The van der Waals surface area contributed by atoms with Gasteiger partial charge in [-0.3, -0.25) is 4.79 Å². The van der Waals surface area contributed by atoms with E-state index in [9.17, 15) is 4.79 Å². The highest BCUT2D eigenvalue weighted by Crippen LogP contribution is 2.49. The molecule has 86 valence electrons. The Labute approximate surface area is 92.2 Å². The molecule has 1 saturated heterocycles. The van der Waals surface area contributed by atoms with Crippen molar-refractivity contribution in [1.82, 2.24) is 10.2 Å². The van der Waals surface area contributed by atoms with Crippen LogP contribution in [0.5, 0.6) is 0 Å². The summed E-state index contributed by atoms with van der Waals surface area (Å²) in [5.41, 5.74) is 0.399. The summed E-state index contributed by atoms with van der Waals surface area (Å²) in [6.07, 6.45) is 3.55. The van der Waals surface area contributed by atoms with Gasteiger partial charge in [-0.1, -0.05) is 6.92 Å². The van der Waals surface area contributed by atoms with E-state index in [1.807, 2.05) is 11.9 Å². The van der Waals surface area contributed by atoms with Gasteiger partial charge in [0.25, 0.3) is 0 Å². The third-order valence-electron chi connectivity index (χ3n) is 4.39. The second kappa shape index (κ2) is 3.78. The average molecular weight is 210 g/mol. The Morgan fingerprint density at radius 2 is 2.20 bits per heavy atom. The lowest BCUT2D eigenvalue weighted by atomic mass is 9.97. The second-order valence-electron chi connectivity index (χ2n) is 5.47. The molecule has 1 saturated carbocycles. The first-order valence-electron chi connectivity index (χ1n) is 6.02. The first-order chi connectivity index (χ1) is 7.04. The van der Waals surface area contributed by atoms with E-state index in [4.69, 9.17) is 0 Å². The molecule has 1 heterocycles. The maximum Gasteiger partial charge on any atom is 0.227 e. The molecule has 1 N–H and O–H groups in total. The topological polar surface area (TPSA) is 32.3 Å². The molecule has 2 fully saturated rings. The third-order valence-corrected chi connectivity index (χ3v) is 4.39. The number of hydrogen-bond acceptors (Lipinski definition) is 2. The minimum Gasteiger partial charge on any atom is -0.342 e. The lowest BCUT2D eigenvalue weighted by Crippen LogP contribution is -2.43. The number of carbonyl (C=O) groups excluding carboxylic acids is 1. The molecule has 1 aliphatic heterocycles. The predicted octanol–water partition coefficient (Wildman–Crippen LogP) is 1.24. The Bertz CT molecular complexity index is 254. The minimum atomic E-state index is 0.222. The van der Waals surface area contributed by atoms with Crippen molar-refractivity contribution in [3.63, 3.8) is 0 Å². The van der Waals surface area contributed by atoms with Crippen molar-refractivity contribution in [2.24, 2.45) is 11.3 Å². The van der Waals surface area contributed by atoms with E-state index in [1.54, 1.807) is 0 Å². The zero-order valence-electron chi connectivity index (χ0n) is 10.0. The Hall–Kier alpha value is -0.570. The van der Waals surface area contributed by atoms with Gasteiger partial charge in [0.1, 0.15) is 0 Å². The summed E-state index contributed by atoms with van der Waals surface area (Å²) >= 11 is 0. The van der Waals surface area contributed by atoms with E-state index < -0.39 is 0 Å². The molecule has 1 aliphatic carbocycles. The van der Waals surface area contributed by atoms with Gasteiger partial charge in [-0.2, -0.15) is 0 Å². The zero-order valence-corrected chi connectivity index (χ0v) is 10.0. The molecule has 3 nitrogen and oxygen atoms in total. The van der Waals surface area contributed by atoms with E-state index in [0.29, 0.717) is 17.4 Å². The van der Waals surface area contributed by atoms with Gasteiger partial charge >= 0.3 is 0 Å². The Balaban J connectivity index is 1.94. The van der Waals surface area contributed by atoms with Crippen molar-refractivity contribution in [3.8, 4) is 0 Å². The van der Waals surface area contributed by atoms with Crippen LogP contribution in [-0.4, -0.2) is 37.0 Å². The molecule has 0 spiro atoms. The molecule has 0 bridgehead atoms. The Morgan fingerprint density at radius 1 is 1.53 bits per heavy atom. The van der Waals surface area contributed by atoms with Crippen LogP contribution in [0.15, 0.2) is 0 Å². The molecule has 3 heteroatoms. The number of nitrogens with zero attached hydrogens (tertiary/aromatic N) is 1. The van der Waals surface area contributed by atoms with E-state index in [-0.39, 0.29) is 5.92 Å². The molecular weight excluding hydrogens is 188 g/mol. The van der Waals surface area contributed by atoms with Crippen molar-refractivity contribution in [1.29, 1.82) is 0 Å². The first kappa shape index (κ1) is 10.9. The van der Waals surface area contributed by atoms with Crippen LogP contribution in [0.2, 0.25) is 0 Å². The van der Waals surface area contributed by atoms with Crippen LogP contribution in [0.25, 0.3) is 0 Å². The van der Waals surface area contributed by atoms with Crippen molar-refractivity contribution < 1.29 is 4.79 Å². The van der Waals surface area contributed by atoms with Crippen molar-refractivity contribution >= 4 is 5.91 Å². The lowest BCUT2D eigenvalue weighted by Gasteiger charge is -2.31. The molecule has 0 aromatic heterocycles. The van der Waals surface area contributed by atoms with Gasteiger partial charge in [0.15, 0.2) is 0 Å². The molecule has 15 heavy (non-hydrogen) atoms. The first-order valence-corrected chi connectivity index (χ1v) is 6.02. The second-order valence-corrected chi connectivity index (χ2v) is 5.47. The number of amides is 1. The molecule has 2 rings (SSSR count). The summed E-state index contributed by atoms with van der Waals surface area (Å²) in [7, 11) is 1.97. The van der Waals surface area contributed by atoms with Gasteiger partial charge in [0.2, 0.25) is 5.91 Å². The molecule has 2 atom stereocenters. The van der Waals surface area contributed by atoms with Crippen LogP contribution in [0.1, 0.15) is 33.1 Å². The fourth-order valence-corrected chi connectivity index (χ4v) is 2.43. The summed E-state index contributed by atoms with van der Waals surface area (Å²) in [6, 6.07) is 0.394. The summed E-state index contributed by atoms with van der Waals surface area (Å²) in [6.45, 7) is 6.34. The maximum absolute atomic E-state index is 12.1. The Morgan fingerprint density at radius 3 is 2.67 bits per heavy atom. The molecule has 0 aromatic carbocycles. The van der Waals surface area contributed by atoms with Crippen molar-refractivity contribution in [2.75, 3.05) is 20.1 Å². The molecule has 1 unspecified atom stereocenters. The zero-order chi connectivity index (χ0) is 11.1. The van der Waals surface area contributed by atoms with Crippen LogP contribution in [0.3, 0.4) is 0 Å². The predicted molar refractivity (Wildman–Crippen MR) is 60.5 cm³/mol. The van der Waals surface area contributed by atoms with Gasteiger partial charge < -0.3 is 10.2 Å². The summed E-state index contributed by atoms with van der Waals surface area (Å²) in [5.74, 6) is 0.556. The standard InChI is InChI=1S/C12H22N2O/c1-9(12(2)5-6-12)14(3)11(15)10-4-7-13-8-10/h9-10,13H,4-8H2,1-3H3/t9?,10-/m0/s1. The summed E-state index contributed by atoms with van der Waals surface area (Å²) in [5, 5.41) is 3.25. The number of hydrogen-bond donors (Lipinski definition) is 1. The van der Waals surface area contributed by atoms with E-state index in [2.05, 4.69) is 19.2 Å². The quantitative estimate of drug-likeness (QED) is 0.760. The van der Waals surface area contributed by atoms with Gasteiger partial charge in [-0.25, -0.2) is 0 Å². The molecular formula is C12H22N2O. The normalized spacial score (nSPS) is 29.9. The van der Waals surface area contributed by atoms with Crippen molar-refractivity contribution in [2.45, 2.75) is 39.2 Å². The molecule has 0 radical (unpaired) electrons. The van der Waals surface area contributed by atoms with Crippen molar-refractivity contribution in [3.05, 3.63) is 0 Å². The summed E-state index contributed by atoms with van der Waals surface area (Å²) < 4.78 is 0. The van der Waals surface area contributed by atoms with Crippen LogP contribution >= 0.6 is 0 Å². The third kappa shape index (κ3) is 2.03. The van der Waals surface area contributed by atoms with Crippen LogP contribution in [-0.2, 0) is 4.79 Å². The Kier molecular flexibility index (Phi) is 2.75. The minimum absolute atomic E-state index is 0.222. The van der Waals surface area contributed by atoms with E-state index in [1.165, 1.54) is 12.8 Å². The highest BCUT2D eigenvalue weighted by atomic mass is 16.2. The SMILES string of the molecule is CC(N(C)C(=O)[C@H]1CCNC1)C1(C)CC1. The maximum atomic E-state index is 12.1. The van der Waals surface area contributed by atoms with Gasteiger partial charge in [0, 0.05) is 19.6 Å². The molecule has 1 amide bonds. The summed E-state index contributed by atoms with van der Waals surface area (Å²) in [4.78, 5) is 14.1. The average Bonchev–Trinajstić information content (AvgIpc) is 2.80. The smallest absolute Gasteiger partial charge is 0.227 e. The number of carbonyl (C=O) groups is 1.